The van der Waals surface area contributed by atoms with Gasteiger partial charge in [0.1, 0.15) is 12.4 Å². The van der Waals surface area contributed by atoms with Gasteiger partial charge < -0.3 is 5.32 Å². The molecule has 122 valence electrons. The maximum atomic E-state index is 13.1. The van der Waals surface area contributed by atoms with Crippen LogP contribution in [0.15, 0.2) is 53.0 Å². The molecule has 0 saturated carbocycles. The quantitative estimate of drug-likeness (QED) is 0.838. The van der Waals surface area contributed by atoms with E-state index in [1.54, 1.807) is 24.3 Å². The number of nitrogens with one attached hydrogen (secondary N) is 1. The van der Waals surface area contributed by atoms with Crippen LogP contribution in [-0.2, 0) is 14.8 Å². The van der Waals surface area contributed by atoms with Crippen molar-refractivity contribution in [2.75, 3.05) is 22.4 Å². The van der Waals surface area contributed by atoms with Crippen LogP contribution in [0.25, 0.3) is 0 Å². The summed E-state index contributed by atoms with van der Waals surface area (Å²) in [6.07, 6.45) is 1.02. The molecular formula is C15H14BrFN2O3S. The Labute approximate surface area is 142 Å². The van der Waals surface area contributed by atoms with Gasteiger partial charge in [-0.3, -0.25) is 9.10 Å². The van der Waals surface area contributed by atoms with E-state index in [9.17, 15) is 17.6 Å². The number of nitrogens with zero attached hydrogens (tertiary/aromatic N) is 1. The molecule has 0 aromatic heterocycles. The van der Waals surface area contributed by atoms with Gasteiger partial charge in [-0.1, -0.05) is 18.2 Å². The highest BCUT2D eigenvalue weighted by atomic mass is 79.9. The molecule has 0 heterocycles. The number of carbonyl (C=O) groups excluding carboxylic acids is 1. The van der Waals surface area contributed by atoms with E-state index in [1.165, 1.54) is 18.2 Å². The van der Waals surface area contributed by atoms with E-state index >= 15 is 0 Å². The number of halogens is 2. The smallest absolute Gasteiger partial charge is 0.245 e. The first-order valence-corrected chi connectivity index (χ1v) is 9.19. The molecule has 0 aliphatic heterocycles. The molecule has 2 rings (SSSR count). The molecule has 1 amide bonds. The van der Waals surface area contributed by atoms with E-state index in [2.05, 4.69) is 21.2 Å². The Kier molecular flexibility index (Phi) is 5.38. The summed E-state index contributed by atoms with van der Waals surface area (Å²) in [7, 11) is -3.67. The maximum absolute atomic E-state index is 13.1. The van der Waals surface area contributed by atoms with Crippen LogP contribution in [0.1, 0.15) is 0 Å². The zero-order valence-corrected chi connectivity index (χ0v) is 14.6. The largest absolute Gasteiger partial charge is 0.324 e. The third-order valence-electron chi connectivity index (χ3n) is 2.92. The predicted molar refractivity (Wildman–Crippen MR) is 91.4 cm³/mol. The number of para-hydroxylation sites is 1. The third-order valence-corrected chi connectivity index (χ3v) is 4.71. The number of benzene rings is 2. The number of rotatable bonds is 5. The van der Waals surface area contributed by atoms with Gasteiger partial charge in [0.05, 0.1) is 11.9 Å². The zero-order chi connectivity index (χ0) is 17.0. The van der Waals surface area contributed by atoms with Gasteiger partial charge in [0.25, 0.3) is 0 Å². The summed E-state index contributed by atoms with van der Waals surface area (Å²) in [5.41, 5.74) is 0.611. The van der Waals surface area contributed by atoms with Crippen molar-refractivity contribution in [2.24, 2.45) is 0 Å². The minimum Gasteiger partial charge on any atom is -0.324 e. The molecule has 0 spiro atoms. The highest BCUT2D eigenvalue weighted by molar-refractivity contribution is 9.10. The summed E-state index contributed by atoms with van der Waals surface area (Å²) in [6, 6.07) is 12.0. The molecule has 0 unspecified atom stereocenters. The second-order valence-electron chi connectivity index (χ2n) is 4.78. The van der Waals surface area contributed by atoms with Crippen molar-refractivity contribution < 1.29 is 17.6 Å². The number of hydrogen-bond donors (Lipinski definition) is 1. The van der Waals surface area contributed by atoms with E-state index in [0.717, 1.165) is 16.6 Å². The number of amides is 1. The predicted octanol–water partition coefficient (Wildman–Crippen LogP) is 2.99. The topological polar surface area (TPSA) is 66.5 Å². The Morgan fingerprint density at radius 1 is 1.22 bits per heavy atom. The summed E-state index contributed by atoms with van der Waals surface area (Å²) in [5, 5.41) is 2.47. The van der Waals surface area contributed by atoms with Crippen LogP contribution >= 0.6 is 15.9 Å². The van der Waals surface area contributed by atoms with Crippen molar-refractivity contribution >= 4 is 43.2 Å². The first-order chi connectivity index (χ1) is 10.8. The Balaban J connectivity index is 2.22. The van der Waals surface area contributed by atoms with Crippen LogP contribution in [0.5, 0.6) is 0 Å². The van der Waals surface area contributed by atoms with Crippen molar-refractivity contribution in [3.05, 3.63) is 58.8 Å². The van der Waals surface area contributed by atoms with E-state index in [4.69, 9.17) is 0 Å². The lowest BCUT2D eigenvalue weighted by Crippen LogP contribution is -2.37. The van der Waals surface area contributed by atoms with Crippen molar-refractivity contribution in [3.63, 3.8) is 0 Å². The minimum atomic E-state index is -3.67. The van der Waals surface area contributed by atoms with Gasteiger partial charge in [0.2, 0.25) is 15.9 Å². The van der Waals surface area contributed by atoms with E-state index in [0.29, 0.717) is 10.2 Å². The summed E-state index contributed by atoms with van der Waals surface area (Å²) in [5.74, 6) is -1.06. The van der Waals surface area contributed by atoms with Gasteiger partial charge in [-0.15, -0.1) is 0 Å². The van der Waals surface area contributed by atoms with Crippen LogP contribution < -0.4 is 9.62 Å². The summed E-state index contributed by atoms with van der Waals surface area (Å²) in [6.45, 7) is -0.419. The Morgan fingerprint density at radius 2 is 1.91 bits per heavy atom. The molecule has 0 bridgehead atoms. The lowest BCUT2D eigenvalue weighted by molar-refractivity contribution is -0.114. The number of hydrogen-bond acceptors (Lipinski definition) is 3. The highest BCUT2D eigenvalue weighted by Gasteiger charge is 2.22. The second kappa shape index (κ2) is 7.10. The molecule has 0 atom stereocenters. The fourth-order valence-electron chi connectivity index (χ4n) is 1.93. The van der Waals surface area contributed by atoms with Crippen molar-refractivity contribution in [3.8, 4) is 0 Å². The normalized spacial score (nSPS) is 11.1. The van der Waals surface area contributed by atoms with Gasteiger partial charge in [0.15, 0.2) is 0 Å². The number of carbonyl (C=O) groups is 1. The van der Waals surface area contributed by atoms with Crippen molar-refractivity contribution in [2.45, 2.75) is 0 Å². The first-order valence-electron chi connectivity index (χ1n) is 6.55. The van der Waals surface area contributed by atoms with E-state index < -0.39 is 28.3 Å². The lowest BCUT2D eigenvalue weighted by Gasteiger charge is -2.23. The molecule has 5 nitrogen and oxygen atoms in total. The molecule has 2 aromatic carbocycles. The molecule has 0 saturated heterocycles. The first kappa shape index (κ1) is 17.4. The summed E-state index contributed by atoms with van der Waals surface area (Å²) < 4.78 is 38.6. The van der Waals surface area contributed by atoms with Crippen LogP contribution in [0.2, 0.25) is 0 Å². The Hall–Kier alpha value is -1.93. The Morgan fingerprint density at radius 3 is 2.52 bits per heavy atom. The van der Waals surface area contributed by atoms with Crippen LogP contribution in [0, 0.1) is 5.82 Å². The summed E-state index contributed by atoms with van der Waals surface area (Å²) in [4.78, 5) is 12.1. The molecule has 0 radical (unpaired) electrons. The second-order valence-corrected chi connectivity index (χ2v) is 7.54. The average Bonchev–Trinajstić information content (AvgIpc) is 2.44. The molecule has 2 aromatic rings. The standard InChI is InChI=1S/C15H14BrFN2O3S/c1-23(21,22)19(14-8-3-2-7-13(14)16)10-15(20)18-12-6-4-5-11(17)9-12/h2-9H,10H2,1H3,(H,18,20). The monoisotopic (exact) mass is 400 g/mol. The molecule has 1 N–H and O–H groups in total. The van der Waals surface area contributed by atoms with Gasteiger partial charge in [-0.25, -0.2) is 12.8 Å². The molecular weight excluding hydrogens is 387 g/mol. The molecule has 0 fully saturated rings. The Bertz CT molecular complexity index is 827. The van der Waals surface area contributed by atoms with Crippen LogP contribution in [-0.4, -0.2) is 27.1 Å². The number of anilines is 2. The van der Waals surface area contributed by atoms with Crippen LogP contribution in [0.3, 0.4) is 0 Å². The maximum Gasteiger partial charge on any atom is 0.245 e. The van der Waals surface area contributed by atoms with Gasteiger partial charge >= 0.3 is 0 Å². The summed E-state index contributed by atoms with van der Waals surface area (Å²) >= 11 is 3.27. The van der Waals surface area contributed by atoms with Crippen LogP contribution in [0.4, 0.5) is 15.8 Å². The number of sulfonamides is 1. The fourth-order valence-corrected chi connectivity index (χ4v) is 3.42. The highest BCUT2D eigenvalue weighted by Crippen LogP contribution is 2.27. The van der Waals surface area contributed by atoms with E-state index in [1.807, 2.05) is 0 Å². The fraction of sp³-hybridized carbons (Fsp3) is 0.133. The molecule has 0 aliphatic rings. The van der Waals surface area contributed by atoms with Gasteiger partial charge in [-0.2, -0.15) is 0 Å². The lowest BCUT2D eigenvalue weighted by atomic mass is 10.3. The van der Waals surface area contributed by atoms with Gasteiger partial charge in [0, 0.05) is 10.2 Å². The zero-order valence-electron chi connectivity index (χ0n) is 12.2. The minimum absolute atomic E-state index is 0.260. The van der Waals surface area contributed by atoms with E-state index in [-0.39, 0.29) is 5.69 Å². The molecule has 23 heavy (non-hydrogen) atoms. The molecule has 0 aliphatic carbocycles. The van der Waals surface area contributed by atoms with Crippen molar-refractivity contribution in [1.29, 1.82) is 0 Å². The van der Waals surface area contributed by atoms with Gasteiger partial charge in [-0.05, 0) is 46.3 Å². The average molecular weight is 401 g/mol. The molecule has 8 heteroatoms. The van der Waals surface area contributed by atoms with Crippen molar-refractivity contribution in [1.82, 2.24) is 0 Å². The SMILES string of the molecule is CS(=O)(=O)N(CC(=O)Nc1cccc(F)c1)c1ccccc1Br. The third kappa shape index (κ3) is 4.77.